The summed E-state index contributed by atoms with van der Waals surface area (Å²) in [6.07, 6.45) is 0. The van der Waals surface area contributed by atoms with E-state index in [9.17, 15) is 4.79 Å². The Kier molecular flexibility index (Phi) is 5.44. The van der Waals surface area contributed by atoms with Crippen LogP contribution in [0, 0.1) is 13.8 Å². The second-order valence-corrected chi connectivity index (χ2v) is 8.52. The van der Waals surface area contributed by atoms with Gasteiger partial charge < -0.3 is 14.2 Å². The van der Waals surface area contributed by atoms with Crippen LogP contribution in [-0.2, 0) is 0 Å². The van der Waals surface area contributed by atoms with Crippen LogP contribution >= 0.6 is 23.2 Å². The van der Waals surface area contributed by atoms with Crippen LogP contribution in [0.15, 0.2) is 75.6 Å². The normalized spacial score (nSPS) is 11.2. The first-order chi connectivity index (χ1) is 15.9. The number of aryl methyl sites for hydroxylation is 2. The van der Waals surface area contributed by atoms with E-state index in [4.69, 9.17) is 32.0 Å². The topological polar surface area (TPSA) is 68.3 Å². The Bertz CT molecular complexity index is 1520. The van der Waals surface area contributed by atoms with Gasteiger partial charge in [-0.05, 0) is 73.5 Å². The van der Waals surface area contributed by atoms with Crippen LogP contribution in [0.25, 0.3) is 33.9 Å². The van der Waals surface area contributed by atoms with Crippen molar-refractivity contribution in [3.05, 3.63) is 93.7 Å². The fourth-order valence-corrected chi connectivity index (χ4v) is 3.92. The Balaban J connectivity index is 1.42. The highest BCUT2D eigenvalue weighted by atomic mass is 35.5. The highest BCUT2D eigenvalue weighted by Gasteiger charge is 2.17. The number of hydrogen-bond donors (Lipinski definition) is 1. The van der Waals surface area contributed by atoms with Gasteiger partial charge in [-0.2, -0.15) is 0 Å². The van der Waals surface area contributed by atoms with Crippen molar-refractivity contribution >= 4 is 45.9 Å². The van der Waals surface area contributed by atoms with Gasteiger partial charge in [0.05, 0.1) is 10.0 Å². The van der Waals surface area contributed by atoms with Gasteiger partial charge in [-0.25, -0.2) is 4.98 Å². The van der Waals surface area contributed by atoms with Gasteiger partial charge in [-0.3, -0.25) is 4.79 Å². The first-order valence-electron chi connectivity index (χ1n) is 10.2. The van der Waals surface area contributed by atoms with Crippen LogP contribution in [0.3, 0.4) is 0 Å². The van der Waals surface area contributed by atoms with Crippen LogP contribution < -0.4 is 5.32 Å². The number of aromatic nitrogens is 1. The predicted octanol–water partition coefficient (Wildman–Crippen LogP) is 7.93. The van der Waals surface area contributed by atoms with Crippen molar-refractivity contribution in [2.24, 2.45) is 0 Å². The number of rotatable bonds is 4. The van der Waals surface area contributed by atoms with Crippen molar-refractivity contribution in [1.29, 1.82) is 0 Å². The molecule has 2 heterocycles. The number of hydrogen-bond acceptors (Lipinski definition) is 4. The van der Waals surface area contributed by atoms with E-state index >= 15 is 0 Å². The van der Waals surface area contributed by atoms with Crippen LogP contribution in [0.4, 0.5) is 5.69 Å². The number of furan rings is 1. The summed E-state index contributed by atoms with van der Waals surface area (Å²) in [5.41, 5.74) is 5.50. The van der Waals surface area contributed by atoms with E-state index in [1.807, 2.05) is 50.2 Å². The largest absolute Gasteiger partial charge is 0.451 e. The SMILES string of the molecule is Cc1ccc2nc(-c3ccc(C)c(NC(=O)c4ccc(-c5cccc(Cl)c5Cl)o4)c3)oc2c1. The molecule has 1 amide bonds. The molecule has 0 bridgehead atoms. The molecule has 0 unspecified atom stereocenters. The summed E-state index contributed by atoms with van der Waals surface area (Å²) in [6, 6.07) is 20.1. The number of carbonyl (C=O) groups excluding carboxylic acids is 1. The second-order valence-electron chi connectivity index (χ2n) is 7.74. The maximum absolute atomic E-state index is 12.9. The van der Waals surface area contributed by atoms with Crippen LogP contribution in [-0.4, -0.2) is 10.9 Å². The molecule has 0 aliphatic rings. The molecule has 33 heavy (non-hydrogen) atoms. The molecule has 0 atom stereocenters. The summed E-state index contributed by atoms with van der Waals surface area (Å²) in [5, 5.41) is 3.70. The van der Waals surface area contributed by atoms with E-state index in [2.05, 4.69) is 10.3 Å². The summed E-state index contributed by atoms with van der Waals surface area (Å²) in [7, 11) is 0. The Labute approximate surface area is 200 Å². The van der Waals surface area contributed by atoms with Gasteiger partial charge in [0.15, 0.2) is 11.3 Å². The van der Waals surface area contributed by atoms with Crippen LogP contribution in [0.5, 0.6) is 0 Å². The molecule has 0 saturated carbocycles. The molecule has 5 rings (SSSR count). The van der Waals surface area contributed by atoms with Gasteiger partial charge in [-0.15, -0.1) is 0 Å². The maximum atomic E-state index is 12.9. The molecule has 164 valence electrons. The molecule has 2 aromatic heterocycles. The minimum atomic E-state index is -0.382. The standard InChI is InChI=1S/C26H18Cl2N2O3/c1-14-6-9-19-23(12-14)33-26(30-19)16-8-7-15(2)20(13-16)29-25(31)22-11-10-21(32-22)17-4-3-5-18(27)24(17)28/h3-13H,1-2H3,(H,29,31). The highest BCUT2D eigenvalue weighted by Crippen LogP contribution is 2.35. The van der Waals surface area contributed by atoms with E-state index in [-0.39, 0.29) is 11.7 Å². The van der Waals surface area contributed by atoms with Crippen molar-refractivity contribution in [3.8, 4) is 22.8 Å². The zero-order valence-electron chi connectivity index (χ0n) is 17.8. The van der Waals surface area contributed by atoms with Gasteiger partial charge in [0.1, 0.15) is 11.3 Å². The van der Waals surface area contributed by atoms with Gasteiger partial charge >= 0.3 is 0 Å². The molecule has 5 aromatic rings. The lowest BCUT2D eigenvalue weighted by molar-refractivity contribution is 0.0997. The van der Waals surface area contributed by atoms with Crippen molar-refractivity contribution in [2.45, 2.75) is 13.8 Å². The van der Waals surface area contributed by atoms with Crippen molar-refractivity contribution < 1.29 is 13.6 Å². The molecular weight excluding hydrogens is 459 g/mol. The Morgan fingerprint density at radius 1 is 0.939 bits per heavy atom. The van der Waals surface area contributed by atoms with Crippen LogP contribution in [0.1, 0.15) is 21.7 Å². The number of halogens is 2. The summed E-state index contributed by atoms with van der Waals surface area (Å²) in [6.45, 7) is 3.91. The fraction of sp³-hybridized carbons (Fsp3) is 0.0769. The van der Waals surface area contributed by atoms with E-state index in [1.165, 1.54) is 0 Å². The third kappa shape index (κ3) is 4.13. The zero-order valence-corrected chi connectivity index (χ0v) is 19.3. The lowest BCUT2D eigenvalue weighted by Gasteiger charge is -2.08. The van der Waals surface area contributed by atoms with E-state index in [1.54, 1.807) is 30.3 Å². The molecule has 1 N–H and O–H groups in total. The van der Waals surface area contributed by atoms with E-state index in [0.717, 1.165) is 27.8 Å². The predicted molar refractivity (Wildman–Crippen MR) is 131 cm³/mol. The molecule has 0 aliphatic carbocycles. The Morgan fingerprint density at radius 2 is 1.79 bits per heavy atom. The first-order valence-corrected chi connectivity index (χ1v) is 11.0. The molecular formula is C26H18Cl2N2O3. The molecule has 0 fully saturated rings. The zero-order chi connectivity index (χ0) is 23.1. The summed E-state index contributed by atoms with van der Waals surface area (Å²) >= 11 is 12.4. The first kappa shape index (κ1) is 21.3. The number of nitrogens with one attached hydrogen (secondary N) is 1. The summed E-state index contributed by atoms with van der Waals surface area (Å²) < 4.78 is 11.7. The van der Waals surface area contributed by atoms with Gasteiger partial charge in [0.2, 0.25) is 5.89 Å². The quantitative estimate of drug-likeness (QED) is 0.285. The number of oxazole rings is 1. The van der Waals surface area contributed by atoms with Gasteiger partial charge in [0, 0.05) is 16.8 Å². The van der Waals surface area contributed by atoms with Crippen molar-refractivity contribution in [3.63, 3.8) is 0 Å². The second kappa shape index (κ2) is 8.43. The summed E-state index contributed by atoms with van der Waals surface area (Å²) in [4.78, 5) is 17.4. The average Bonchev–Trinajstić information content (AvgIpc) is 3.44. The van der Waals surface area contributed by atoms with Crippen molar-refractivity contribution in [1.82, 2.24) is 4.98 Å². The minimum absolute atomic E-state index is 0.156. The monoisotopic (exact) mass is 476 g/mol. The highest BCUT2D eigenvalue weighted by molar-refractivity contribution is 6.43. The lowest BCUT2D eigenvalue weighted by Crippen LogP contribution is -2.11. The number of nitrogens with zero attached hydrogens (tertiary/aromatic N) is 1. The average molecular weight is 477 g/mol. The number of amides is 1. The van der Waals surface area contributed by atoms with Gasteiger partial charge in [-0.1, -0.05) is 41.4 Å². The lowest BCUT2D eigenvalue weighted by atomic mass is 10.1. The van der Waals surface area contributed by atoms with Crippen molar-refractivity contribution in [2.75, 3.05) is 5.32 Å². The maximum Gasteiger partial charge on any atom is 0.291 e. The Morgan fingerprint density at radius 3 is 2.64 bits per heavy atom. The molecule has 5 nitrogen and oxygen atoms in total. The molecule has 0 saturated heterocycles. The Hall–Kier alpha value is -3.54. The molecule has 3 aromatic carbocycles. The van der Waals surface area contributed by atoms with Gasteiger partial charge in [0.25, 0.3) is 5.91 Å². The third-order valence-electron chi connectivity index (χ3n) is 5.32. The number of anilines is 1. The molecule has 0 aliphatic heterocycles. The third-order valence-corrected chi connectivity index (χ3v) is 6.14. The number of fused-ring (bicyclic) bond motifs is 1. The smallest absolute Gasteiger partial charge is 0.291 e. The van der Waals surface area contributed by atoms with Crippen LogP contribution in [0.2, 0.25) is 10.0 Å². The molecule has 0 spiro atoms. The molecule has 7 heteroatoms. The molecule has 0 radical (unpaired) electrons. The van der Waals surface area contributed by atoms with E-state index in [0.29, 0.717) is 32.9 Å². The number of carbonyl (C=O) groups is 1. The fourth-order valence-electron chi connectivity index (χ4n) is 3.53. The van der Waals surface area contributed by atoms with E-state index < -0.39 is 0 Å². The number of benzene rings is 3. The minimum Gasteiger partial charge on any atom is -0.451 e. The summed E-state index contributed by atoms with van der Waals surface area (Å²) in [5.74, 6) is 0.720.